The molecule has 0 radical (unpaired) electrons. The van der Waals surface area contributed by atoms with Crippen molar-refractivity contribution in [2.45, 2.75) is 26.4 Å². The van der Waals surface area contributed by atoms with Gasteiger partial charge in [0, 0.05) is 26.2 Å². The number of carboxylic acid groups (broad SMARTS) is 1. The van der Waals surface area contributed by atoms with Crippen molar-refractivity contribution in [2.75, 3.05) is 20.3 Å². The molecule has 0 bridgehead atoms. The molecule has 19 heavy (non-hydrogen) atoms. The summed E-state index contributed by atoms with van der Waals surface area (Å²) in [5.74, 6) is -1.94. The molecule has 0 saturated carbocycles. The molecule has 0 aromatic heterocycles. The summed E-state index contributed by atoms with van der Waals surface area (Å²) in [6.45, 7) is 6.03. The van der Waals surface area contributed by atoms with Gasteiger partial charge in [0.25, 0.3) is 0 Å². The lowest BCUT2D eigenvalue weighted by molar-refractivity contribution is 0.0692. The normalized spacial score (nSPS) is 11.3. The minimum Gasteiger partial charge on any atom is -0.478 e. The van der Waals surface area contributed by atoms with Crippen molar-refractivity contribution in [3.8, 4) is 0 Å². The number of carboxylic acids is 1. The van der Waals surface area contributed by atoms with Gasteiger partial charge in [0.05, 0.1) is 12.2 Å². The van der Waals surface area contributed by atoms with Crippen molar-refractivity contribution in [3.63, 3.8) is 0 Å². The van der Waals surface area contributed by atoms with Crippen LogP contribution >= 0.6 is 0 Å². The molecule has 5 heteroatoms. The fourth-order valence-electron chi connectivity index (χ4n) is 1.79. The maximum Gasteiger partial charge on any atom is 0.338 e. The molecule has 0 spiro atoms. The standard InChI is InChI=1S/C14H20FNO3/c1-10(2)16(6-7-19-3)9-11-4-5-12(14(17)18)13(15)8-11/h4-5,8,10H,6-7,9H2,1-3H3,(H,17,18). The lowest BCUT2D eigenvalue weighted by Crippen LogP contribution is -2.33. The van der Waals surface area contributed by atoms with Crippen LogP contribution in [0.4, 0.5) is 4.39 Å². The number of hydrogen-bond donors (Lipinski definition) is 1. The molecule has 1 rings (SSSR count). The number of methoxy groups -OCH3 is 1. The zero-order valence-corrected chi connectivity index (χ0v) is 11.5. The quantitative estimate of drug-likeness (QED) is 0.825. The Kier molecular flexibility index (Phi) is 5.92. The molecule has 1 aromatic carbocycles. The molecule has 0 saturated heterocycles. The highest BCUT2D eigenvalue weighted by atomic mass is 19.1. The highest BCUT2D eigenvalue weighted by Gasteiger charge is 2.13. The van der Waals surface area contributed by atoms with E-state index in [1.54, 1.807) is 13.2 Å². The van der Waals surface area contributed by atoms with Gasteiger partial charge in [-0.15, -0.1) is 0 Å². The summed E-state index contributed by atoms with van der Waals surface area (Å²) in [7, 11) is 1.64. The minimum absolute atomic E-state index is 0.295. The summed E-state index contributed by atoms with van der Waals surface area (Å²) in [5, 5.41) is 8.78. The van der Waals surface area contributed by atoms with Gasteiger partial charge in [-0.3, -0.25) is 4.90 Å². The number of hydrogen-bond acceptors (Lipinski definition) is 3. The van der Waals surface area contributed by atoms with Crippen molar-refractivity contribution < 1.29 is 19.0 Å². The Bertz CT molecular complexity index is 435. The Morgan fingerprint density at radius 1 is 1.47 bits per heavy atom. The van der Waals surface area contributed by atoms with E-state index in [-0.39, 0.29) is 5.56 Å². The second-order valence-corrected chi connectivity index (χ2v) is 4.68. The SMILES string of the molecule is COCCN(Cc1ccc(C(=O)O)c(F)c1)C(C)C. The molecule has 0 unspecified atom stereocenters. The zero-order valence-electron chi connectivity index (χ0n) is 11.5. The number of carbonyl (C=O) groups is 1. The molecule has 106 valence electrons. The number of nitrogens with zero attached hydrogens (tertiary/aromatic N) is 1. The van der Waals surface area contributed by atoms with Crippen molar-refractivity contribution in [3.05, 3.63) is 35.1 Å². The monoisotopic (exact) mass is 269 g/mol. The van der Waals surface area contributed by atoms with Crippen LogP contribution in [0.25, 0.3) is 0 Å². The third kappa shape index (κ3) is 4.61. The van der Waals surface area contributed by atoms with Gasteiger partial charge in [0.1, 0.15) is 5.82 Å². The number of benzene rings is 1. The summed E-state index contributed by atoms with van der Waals surface area (Å²) in [5.41, 5.74) is 0.462. The van der Waals surface area contributed by atoms with Crippen LogP contribution in [0, 0.1) is 5.82 Å². The summed E-state index contributed by atoms with van der Waals surface area (Å²) in [6, 6.07) is 4.54. The first kappa shape index (κ1) is 15.6. The van der Waals surface area contributed by atoms with Crippen molar-refractivity contribution >= 4 is 5.97 Å². The average Bonchev–Trinajstić information content (AvgIpc) is 2.33. The van der Waals surface area contributed by atoms with Crippen LogP contribution in [0.5, 0.6) is 0 Å². The minimum atomic E-state index is -1.25. The van der Waals surface area contributed by atoms with Gasteiger partial charge in [-0.25, -0.2) is 9.18 Å². The number of aromatic carboxylic acids is 1. The Morgan fingerprint density at radius 3 is 2.63 bits per heavy atom. The van der Waals surface area contributed by atoms with Crippen LogP contribution in [-0.4, -0.2) is 42.3 Å². The number of halogens is 1. The topological polar surface area (TPSA) is 49.8 Å². The summed E-state index contributed by atoms with van der Waals surface area (Å²) in [6.07, 6.45) is 0. The smallest absolute Gasteiger partial charge is 0.338 e. The number of ether oxygens (including phenoxy) is 1. The summed E-state index contributed by atoms with van der Waals surface area (Å²) >= 11 is 0. The van der Waals surface area contributed by atoms with Gasteiger partial charge < -0.3 is 9.84 Å². The van der Waals surface area contributed by atoms with E-state index in [2.05, 4.69) is 18.7 Å². The Labute approximate surface area is 112 Å². The third-order valence-electron chi connectivity index (χ3n) is 2.96. The molecule has 1 N–H and O–H groups in total. The van der Waals surface area contributed by atoms with E-state index in [0.717, 1.165) is 12.1 Å². The first-order valence-corrected chi connectivity index (χ1v) is 6.20. The predicted octanol–water partition coefficient (Wildman–Crippen LogP) is 2.38. The molecule has 4 nitrogen and oxygen atoms in total. The van der Waals surface area contributed by atoms with Gasteiger partial charge in [0.2, 0.25) is 0 Å². The van der Waals surface area contributed by atoms with Crippen LogP contribution < -0.4 is 0 Å². The van der Waals surface area contributed by atoms with Gasteiger partial charge in [-0.1, -0.05) is 6.07 Å². The van der Waals surface area contributed by atoms with E-state index in [9.17, 15) is 9.18 Å². The van der Waals surface area contributed by atoms with E-state index in [0.29, 0.717) is 19.2 Å². The van der Waals surface area contributed by atoms with Gasteiger partial charge in [0.15, 0.2) is 0 Å². The Hall–Kier alpha value is -1.46. The third-order valence-corrected chi connectivity index (χ3v) is 2.96. The van der Waals surface area contributed by atoms with Crippen molar-refractivity contribution in [1.82, 2.24) is 4.90 Å². The predicted molar refractivity (Wildman–Crippen MR) is 70.8 cm³/mol. The molecular formula is C14H20FNO3. The molecule has 0 aliphatic rings. The molecule has 0 fully saturated rings. The van der Waals surface area contributed by atoms with E-state index >= 15 is 0 Å². The van der Waals surface area contributed by atoms with Gasteiger partial charge >= 0.3 is 5.97 Å². The molecule has 0 atom stereocenters. The largest absolute Gasteiger partial charge is 0.478 e. The van der Waals surface area contributed by atoms with Crippen molar-refractivity contribution in [2.24, 2.45) is 0 Å². The fourth-order valence-corrected chi connectivity index (χ4v) is 1.79. The van der Waals surface area contributed by atoms with Crippen LogP contribution in [0.2, 0.25) is 0 Å². The average molecular weight is 269 g/mol. The lowest BCUT2D eigenvalue weighted by Gasteiger charge is -2.26. The highest BCUT2D eigenvalue weighted by molar-refractivity contribution is 5.87. The van der Waals surface area contributed by atoms with Gasteiger partial charge in [-0.05, 0) is 31.5 Å². The summed E-state index contributed by atoms with van der Waals surface area (Å²) in [4.78, 5) is 12.9. The molecule has 0 aliphatic carbocycles. The maximum atomic E-state index is 13.6. The van der Waals surface area contributed by atoms with E-state index in [4.69, 9.17) is 9.84 Å². The van der Waals surface area contributed by atoms with Gasteiger partial charge in [-0.2, -0.15) is 0 Å². The molecule has 0 heterocycles. The molecule has 0 amide bonds. The lowest BCUT2D eigenvalue weighted by atomic mass is 10.1. The zero-order chi connectivity index (χ0) is 14.4. The molecule has 0 aliphatic heterocycles. The van der Waals surface area contributed by atoms with E-state index in [1.165, 1.54) is 12.1 Å². The molecule has 1 aromatic rings. The van der Waals surface area contributed by atoms with E-state index in [1.807, 2.05) is 0 Å². The van der Waals surface area contributed by atoms with Crippen LogP contribution in [0.3, 0.4) is 0 Å². The number of rotatable bonds is 7. The first-order valence-electron chi connectivity index (χ1n) is 6.20. The van der Waals surface area contributed by atoms with Crippen LogP contribution in [0.15, 0.2) is 18.2 Å². The Morgan fingerprint density at radius 2 is 2.16 bits per heavy atom. The second kappa shape index (κ2) is 7.21. The van der Waals surface area contributed by atoms with E-state index < -0.39 is 11.8 Å². The second-order valence-electron chi connectivity index (χ2n) is 4.68. The highest BCUT2D eigenvalue weighted by Crippen LogP contribution is 2.14. The fraction of sp³-hybridized carbons (Fsp3) is 0.500. The summed E-state index contributed by atoms with van der Waals surface area (Å²) < 4.78 is 18.6. The maximum absolute atomic E-state index is 13.6. The van der Waals surface area contributed by atoms with Crippen molar-refractivity contribution in [1.29, 1.82) is 0 Å². The first-order chi connectivity index (χ1) is 8.95. The molecular weight excluding hydrogens is 249 g/mol. The van der Waals surface area contributed by atoms with Crippen LogP contribution in [0.1, 0.15) is 29.8 Å². The Balaban J connectivity index is 2.79. The van der Waals surface area contributed by atoms with Crippen LogP contribution in [-0.2, 0) is 11.3 Å².